The maximum Gasteiger partial charge on any atom is 0.335 e. The average Bonchev–Trinajstić information content (AvgIpc) is 2.69. The van der Waals surface area contributed by atoms with E-state index in [1.807, 2.05) is 61.5 Å². The van der Waals surface area contributed by atoms with E-state index in [4.69, 9.17) is 17.9 Å². The fraction of sp³-hybridized carbons (Fsp3) is 0.100. The minimum Gasteiger partial charge on any atom is -0.482 e. The lowest BCUT2D eigenvalue weighted by atomic mass is 10.2. The minimum absolute atomic E-state index is 0.0906. The largest absolute Gasteiger partial charge is 0.482 e. The molecule has 0 saturated carbocycles. The van der Waals surface area contributed by atoms with Crippen molar-refractivity contribution in [2.45, 2.75) is 13.5 Å². The van der Waals surface area contributed by atoms with Crippen molar-refractivity contribution in [1.29, 1.82) is 0 Å². The van der Waals surface area contributed by atoms with E-state index in [-0.39, 0.29) is 18.0 Å². The van der Waals surface area contributed by atoms with Crippen LogP contribution in [-0.2, 0) is 18.2 Å². The van der Waals surface area contributed by atoms with Crippen LogP contribution in [0.15, 0.2) is 72.8 Å². The summed E-state index contributed by atoms with van der Waals surface area (Å²) in [4.78, 5) is 10.8. The highest BCUT2D eigenvalue weighted by Crippen LogP contribution is 2.33. The summed E-state index contributed by atoms with van der Waals surface area (Å²) in [6.07, 6.45) is 0. The van der Waals surface area contributed by atoms with Crippen molar-refractivity contribution in [2.75, 3.05) is 0 Å². The SMILES string of the molecule is Cc1ccc(Oc2ccc([N+](=O)[O-])c(OCc3ccccc3)c2)cc1.O=S=O. The monoisotopic (exact) mass is 399 g/mol. The first kappa shape index (κ1) is 20.8. The Morgan fingerprint density at radius 1 is 0.929 bits per heavy atom. The molecule has 28 heavy (non-hydrogen) atoms. The van der Waals surface area contributed by atoms with Crippen LogP contribution in [0.4, 0.5) is 5.69 Å². The van der Waals surface area contributed by atoms with Crippen molar-refractivity contribution in [3.63, 3.8) is 0 Å². The van der Waals surface area contributed by atoms with E-state index in [1.54, 1.807) is 12.1 Å². The minimum atomic E-state index is -0.750. The molecule has 0 unspecified atom stereocenters. The molecule has 3 aromatic rings. The van der Waals surface area contributed by atoms with E-state index in [9.17, 15) is 10.1 Å². The normalized spacial score (nSPS) is 9.61. The van der Waals surface area contributed by atoms with Crippen LogP contribution < -0.4 is 9.47 Å². The molecule has 3 rings (SSSR count). The lowest BCUT2D eigenvalue weighted by molar-refractivity contribution is -0.386. The molecule has 3 aromatic carbocycles. The van der Waals surface area contributed by atoms with E-state index < -0.39 is 16.5 Å². The summed E-state index contributed by atoms with van der Waals surface area (Å²) >= 11 is -0.750. The van der Waals surface area contributed by atoms with Crippen LogP contribution in [0.2, 0.25) is 0 Å². The molecule has 0 aromatic heterocycles. The van der Waals surface area contributed by atoms with E-state index in [0.717, 1.165) is 11.1 Å². The van der Waals surface area contributed by atoms with Crippen molar-refractivity contribution < 1.29 is 22.8 Å². The summed E-state index contributed by atoms with van der Waals surface area (Å²) in [7, 11) is 0. The van der Waals surface area contributed by atoms with E-state index >= 15 is 0 Å². The van der Waals surface area contributed by atoms with Gasteiger partial charge in [-0.15, -0.1) is 0 Å². The van der Waals surface area contributed by atoms with Gasteiger partial charge in [0.2, 0.25) is 5.75 Å². The predicted octanol–water partition coefficient (Wildman–Crippen LogP) is 4.60. The fourth-order valence-electron chi connectivity index (χ4n) is 2.30. The van der Waals surface area contributed by atoms with Crippen LogP contribution >= 0.6 is 0 Å². The first-order valence-electron chi connectivity index (χ1n) is 8.15. The molecule has 0 N–H and O–H groups in total. The summed E-state index contributed by atoms with van der Waals surface area (Å²) < 4.78 is 28.0. The third-order valence-electron chi connectivity index (χ3n) is 3.62. The second-order valence-corrected chi connectivity index (χ2v) is 5.78. The van der Waals surface area contributed by atoms with Crippen LogP contribution in [0, 0.1) is 17.0 Å². The molecule has 8 heteroatoms. The van der Waals surface area contributed by atoms with Gasteiger partial charge in [-0.25, -0.2) is 0 Å². The van der Waals surface area contributed by atoms with Crippen LogP contribution in [-0.4, -0.2) is 13.3 Å². The number of benzene rings is 3. The Morgan fingerprint density at radius 3 is 2.14 bits per heavy atom. The summed E-state index contributed by atoms with van der Waals surface area (Å²) in [5, 5.41) is 11.2. The highest BCUT2D eigenvalue weighted by atomic mass is 32.1. The van der Waals surface area contributed by atoms with Crippen LogP contribution in [0.5, 0.6) is 17.2 Å². The van der Waals surface area contributed by atoms with E-state index in [2.05, 4.69) is 0 Å². The number of hydrogen-bond acceptors (Lipinski definition) is 6. The highest BCUT2D eigenvalue weighted by molar-refractivity contribution is 7.51. The Bertz CT molecular complexity index is 954. The molecule has 0 radical (unpaired) electrons. The Kier molecular flexibility index (Phi) is 7.86. The molecule has 7 nitrogen and oxygen atoms in total. The first-order valence-corrected chi connectivity index (χ1v) is 8.81. The van der Waals surface area contributed by atoms with Crippen molar-refractivity contribution in [2.24, 2.45) is 0 Å². The van der Waals surface area contributed by atoms with Gasteiger partial charge in [-0.2, -0.15) is 8.42 Å². The molecule has 0 saturated heterocycles. The zero-order chi connectivity index (χ0) is 20.4. The van der Waals surface area contributed by atoms with Crippen molar-refractivity contribution >= 4 is 17.3 Å². The van der Waals surface area contributed by atoms with Gasteiger partial charge in [0.25, 0.3) is 0 Å². The van der Waals surface area contributed by atoms with Gasteiger partial charge in [-0.1, -0.05) is 48.0 Å². The zero-order valence-corrected chi connectivity index (χ0v) is 15.8. The molecule has 144 valence electrons. The van der Waals surface area contributed by atoms with Crippen molar-refractivity contribution in [3.05, 3.63) is 94.0 Å². The standard InChI is InChI=1S/C20H17NO4.O2S/c1-15-7-9-17(10-8-15)25-18-11-12-19(21(22)23)20(13-18)24-14-16-5-3-2-4-6-16;1-3-2/h2-13H,14H2,1H3;. The number of nitro benzene ring substituents is 1. The number of hydrogen-bond donors (Lipinski definition) is 0. The molecule has 0 aliphatic rings. The number of nitro groups is 1. The average molecular weight is 399 g/mol. The second kappa shape index (κ2) is 10.6. The molecule has 0 aliphatic heterocycles. The number of aryl methyl sites for hydroxylation is 1. The van der Waals surface area contributed by atoms with Gasteiger partial charge in [0, 0.05) is 12.1 Å². The smallest absolute Gasteiger partial charge is 0.335 e. The predicted molar refractivity (Wildman–Crippen MR) is 104 cm³/mol. The Labute approximate surface area is 165 Å². The second-order valence-electron chi connectivity index (χ2n) is 5.64. The van der Waals surface area contributed by atoms with Gasteiger partial charge in [-0.05, 0) is 30.7 Å². The molecule has 0 atom stereocenters. The first-order chi connectivity index (χ1) is 13.5. The zero-order valence-electron chi connectivity index (χ0n) is 14.9. The topological polar surface area (TPSA) is 95.7 Å². The quantitative estimate of drug-likeness (QED) is 0.444. The molecule has 0 fully saturated rings. The third-order valence-corrected chi connectivity index (χ3v) is 3.62. The summed E-state index contributed by atoms with van der Waals surface area (Å²) in [5.74, 6) is 1.32. The molecule has 0 heterocycles. The summed E-state index contributed by atoms with van der Waals surface area (Å²) in [6, 6.07) is 21.6. The third kappa shape index (κ3) is 6.33. The maximum absolute atomic E-state index is 11.2. The number of ether oxygens (including phenoxy) is 2. The molecular weight excluding hydrogens is 382 g/mol. The molecule has 0 bridgehead atoms. The lowest BCUT2D eigenvalue weighted by Crippen LogP contribution is -1.99. The Hall–Kier alpha value is -3.52. The van der Waals surface area contributed by atoms with Gasteiger partial charge < -0.3 is 9.47 Å². The maximum atomic E-state index is 11.2. The summed E-state index contributed by atoms with van der Waals surface area (Å²) in [5.41, 5.74) is 1.97. The van der Waals surface area contributed by atoms with Crippen molar-refractivity contribution in [3.8, 4) is 17.2 Å². The van der Waals surface area contributed by atoms with E-state index in [1.165, 1.54) is 6.07 Å². The van der Waals surface area contributed by atoms with Crippen LogP contribution in [0.1, 0.15) is 11.1 Å². The van der Waals surface area contributed by atoms with Gasteiger partial charge >= 0.3 is 17.3 Å². The Morgan fingerprint density at radius 2 is 1.54 bits per heavy atom. The van der Waals surface area contributed by atoms with E-state index in [0.29, 0.717) is 11.5 Å². The molecule has 0 amide bonds. The van der Waals surface area contributed by atoms with Gasteiger partial charge in [0.15, 0.2) is 0 Å². The van der Waals surface area contributed by atoms with Crippen molar-refractivity contribution in [1.82, 2.24) is 0 Å². The van der Waals surface area contributed by atoms with Gasteiger partial charge in [-0.3, -0.25) is 10.1 Å². The highest BCUT2D eigenvalue weighted by Gasteiger charge is 2.16. The van der Waals surface area contributed by atoms with Crippen LogP contribution in [0.25, 0.3) is 0 Å². The summed E-state index contributed by atoms with van der Waals surface area (Å²) in [6.45, 7) is 2.24. The van der Waals surface area contributed by atoms with Gasteiger partial charge in [0.1, 0.15) is 18.1 Å². The fourth-order valence-corrected chi connectivity index (χ4v) is 2.30. The number of nitrogens with zero attached hydrogens (tertiary/aromatic N) is 1. The molecule has 0 aliphatic carbocycles. The van der Waals surface area contributed by atoms with Crippen LogP contribution in [0.3, 0.4) is 0 Å². The molecule has 0 spiro atoms. The Balaban J connectivity index is 0.000000878. The van der Waals surface area contributed by atoms with Gasteiger partial charge in [0.05, 0.1) is 4.92 Å². The molecular formula is C20H17NO6S. The lowest BCUT2D eigenvalue weighted by Gasteiger charge is -2.10. The number of rotatable bonds is 6.